The molecule has 2 aromatic rings. The molecule has 1 unspecified atom stereocenters. The Bertz CT molecular complexity index is 692. The molecule has 0 saturated carbocycles. The molecule has 1 atom stereocenters. The minimum absolute atomic E-state index is 0. The first kappa shape index (κ1) is 18.8. The molecule has 1 aliphatic heterocycles. The zero-order valence-corrected chi connectivity index (χ0v) is 15.1. The van der Waals surface area contributed by atoms with Gasteiger partial charge < -0.3 is 10.6 Å². The fourth-order valence-corrected chi connectivity index (χ4v) is 3.78. The van der Waals surface area contributed by atoms with Crippen LogP contribution >= 0.6 is 35.5 Å². The number of hydrogen-bond donors (Lipinski definition) is 2. The molecule has 0 spiro atoms. The number of amides is 1. The summed E-state index contributed by atoms with van der Waals surface area (Å²) in [5.41, 5.74) is 0.864. The number of nitrogens with zero attached hydrogens (tertiary/aromatic N) is 1. The van der Waals surface area contributed by atoms with Gasteiger partial charge >= 0.3 is 0 Å². The van der Waals surface area contributed by atoms with Gasteiger partial charge in [-0.1, -0.05) is 30.0 Å². The number of nitrogens with one attached hydrogen (secondary N) is 2. The summed E-state index contributed by atoms with van der Waals surface area (Å²) in [5.74, 6) is -0.0606. The number of thioether (sulfide) groups is 1. The van der Waals surface area contributed by atoms with Gasteiger partial charge in [0, 0.05) is 11.4 Å². The van der Waals surface area contributed by atoms with Crippen LogP contribution in [0.2, 0.25) is 0 Å². The fourth-order valence-electron chi connectivity index (χ4n) is 2.24. The van der Waals surface area contributed by atoms with Gasteiger partial charge in [0.2, 0.25) is 5.91 Å². The van der Waals surface area contributed by atoms with Gasteiger partial charge in [-0.15, -0.1) is 23.7 Å². The summed E-state index contributed by atoms with van der Waals surface area (Å²) in [6.07, 6.45) is 0. The van der Waals surface area contributed by atoms with E-state index in [1.165, 1.54) is 23.9 Å². The number of benzene rings is 1. The summed E-state index contributed by atoms with van der Waals surface area (Å²) in [5, 5.41) is 8.93. The number of hydrogen-bond acceptors (Lipinski definition) is 5. The quantitative estimate of drug-likeness (QED) is 0.831. The van der Waals surface area contributed by atoms with Crippen LogP contribution in [-0.2, 0) is 4.79 Å². The van der Waals surface area contributed by atoms with Crippen LogP contribution < -0.4 is 10.6 Å². The van der Waals surface area contributed by atoms with E-state index in [9.17, 15) is 9.18 Å². The van der Waals surface area contributed by atoms with Crippen molar-refractivity contribution in [1.29, 1.82) is 0 Å². The van der Waals surface area contributed by atoms with Crippen molar-refractivity contribution in [3.8, 4) is 0 Å². The van der Waals surface area contributed by atoms with Crippen molar-refractivity contribution in [3.05, 3.63) is 58.0 Å². The van der Waals surface area contributed by atoms with E-state index in [0.717, 1.165) is 28.7 Å². The van der Waals surface area contributed by atoms with Crippen LogP contribution in [0.25, 0.3) is 0 Å². The molecule has 4 nitrogen and oxygen atoms in total. The Balaban J connectivity index is 0.00000208. The Hall–Kier alpha value is -1.57. The molecule has 0 radical (unpaired) electrons. The molecule has 0 bridgehead atoms. The Labute approximate surface area is 154 Å². The van der Waals surface area contributed by atoms with Crippen molar-refractivity contribution in [2.45, 2.75) is 6.04 Å². The molecule has 3 rings (SSSR count). The Morgan fingerprint density at radius 2 is 2.17 bits per heavy atom. The Kier molecular flexibility index (Phi) is 7.08. The molecule has 0 saturated heterocycles. The number of amidine groups is 1. The van der Waals surface area contributed by atoms with Gasteiger partial charge in [0.05, 0.1) is 18.3 Å². The second-order valence-corrected chi connectivity index (χ2v) is 6.91. The third-order valence-corrected chi connectivity index (χ3v) is 5.21. The highest BCUT2D eigenvalue weighted by molar-refractivity contribution is 8.14. The van der Waals surface area contributed by atoms with Crippen LogP contribution in [0, 0.1) is 5.82 Å². The minimum Gasteiger partial charge on any atom is -0.363 e. The molecule has 1 aromatic carbocycles. The molecular formula is C16H17ClFN3OS2. The molecule has 128 valence electrons. The number of halogens is 2. The lowest BCUT2D eigenvalue weighted by Gasteiger charge is -2.18. The van der Waals surface area contributed by atoms with Gasteiger partial charge in [0.25, 0.3) is 0 Å². The molecule has 1 amide bonds. The maximum atomic E-state index is 13.1. The van der Waals surface area contributed by atoms with E-state index in [0.29, 0.717) is 5.75 Å². The molecule has 24 heavy (non-hydrogen) atoms. The van der Waals surface area contributed by atoms with Crippen LogP contribution in [0.1, 0.15) is 16.5 Å². The van der Waals surface area contributed by atoms with Crippen molar-refractivity contribution in [1.82, 2.24) is 10.6 Å². The predicted octanol–water partition coefficient (Wildman–Crippen LogP) is 3.21. The first-order valence-electron chi connectivity index (χ1n) is 7.22. The average molecular weight is 386 g/mol. The van der Waals surface area contributed by atoms with Crippen molar-refractivity contribution in [2.75, 3.05) is 18.8 Å². The summed E-state index contributed by atoms with van der Waals surface area (Å²) in [6.45, 7) is 1.59. The summed E-state index contributed by atoms with van der Waals surface area (Å²) < 4.78 is 13.1. The standard InChI is InChI=1S/C16H16FN3OS2.ClH/c17-12-5-3-11(4-6-12)15(13-2-1-9-22-13)20-14(21)10-23-16-18-7-8-19-16;/h1-6,9,15H,7-8,10H2,(H,18,19)(H,20,21);1H. The maximum absolute atomic E-state index is 13.1. The van der Waals surface area contributed by atoms with Crippen LogP contribution in [0.15, 0.2) is 46.8 Å². The largest absolute Gasteiger partial charge is 0.363 e. The first-order chi connectivity index (χ1) is 11.2. The summed E-state index contributed by atoms with van der Waals surface area (Å²) >= 11 is 2.96. The Morgan fingerprint density at radius 1 is 1.38 bits per heavy atom. The van der Waals surface area contributed by atoms with Crippen LogP contribution in [0.4, 0.5) is 4.39 Å². The van der Waals surface area contributed by atoms with Gasteiger partial charge in [-0.25, -0.2) is 4.39 Å². The van der Waals surface area contributed by atoms with Gasteiger partial charge in [0.1, 0.15) is 5.82 Å². The van der Waals surface area contributed by atoms with E-state index < -0.39 is 0 Å². The van der Waals surface area contributed by atoms with Gasteiger partial charge in [-0.2, -0.15) is 0 Å². The van der Waals surface area contributed by atoms with E-state index in [1.807, 2.05) is 17.5 Å². The molecule has 8 heteroatoms. The molecule has 1 aliphatic rings. The lowest BCUT2D eigenvalue weighted by atomic mass is 10.1. The van der Waals surface area contributed by atoms with E-state index in [2.05, 4.69) is 15.6 Å². The average Bonchev–Trinajstić information content (AvgIpc) is 3.25. The fraction of sp³-hybridized carbons (Fsp3) is 0.250. The molecule has 2 heterocycles. The number of thiophene rings is 1. The summed E-state index contributed by atoms with van der Waals surface area (Å²) in [6, 6.07) is 9.87. The van der Waals surface area contributed by atoms with E-state index in [4.69, 9.17) is 0 Å². The van der Waals surface area contributed by atoms with E-state index in [1.54, 1.807) is 23.5 Å². The topological polar surface area (TPSA) is 53.5 Å². The van der Waals surface area contributed by atoms with E-state index in [-0.39, 0.29) is 30.2 Å². The van der Waals surface area contributed by atoms with Crippen molar-refractivity contribution in [2.24, 2.45) is 4.99 Å². The van der Waals surface area contributed by atoms with Crippen molar-refractivity contribution < 1.29 is 9.18 Å². The van der Waals surface area contributed by atoms with Crippen LogP contribution in [0.5, 0.6) is 0 Å². The highest BCUT2D eigenvalue weighted by Crippen LogP contribution is 2.26. The smallest absolute Gasteiger partial charge is 0.231 e. The van der Waals surface area contributed by atoms with Crippen molar-refractivity contribution >= 4 is 46.6 Å². The molecular weight excluding hydrogens is 369 g/mol. The SMILES string of the molecule is Cl.O=C(CSC1=NCCN1)NC(c1ccc(F)cc1)c1cccs1. The molecule has 0 fully saturated rings. The highest BCUT2D eigenvalue weighted by atomic mass is 35.5. The molecule has 0 aliphatic carbocycles. The third kappa shape index (κ3) is 4.96. The van der Waals surface area contributed by atoms with Crippen LogP contribution in [-0.4, -0.2) is 29.9 Å². The number of aliphatic imine (C=N–C) groups is 1. The van der Waals surface area contributed by atoms with Gasteiger partial charge in [-0.3, -0.25) is 9.79 Å². The highest BCUT2D eigenvalue weighted by Gasteiger charge is 2.18. The predicted molar refractivity (Wildman–Crippen MR) is 101 cm³/mol. The van der Waals surface area contributed by atoms with Crippen molar-refractivity contribution in [3.63, 3.8) is 0 Å². The lowest BCUT2D eigenvalue weighted by Crippen LogP contribution is -2.31. The zero-order valence-electron chi connectivity index (χ0n) is 12.7. The van der Waals surface area contributed by atoms with Gasteiger partial charge in [0.15, 0.2) is 5.17 Å². The number of carbonyl (C=O) groups is 1. The number of rotatable bonds is 5. The van der Waals surface area contributed by atoms with E-state index >= 15 is 0 Å². The van der Waals surface area contributed by atoms with Crippen LogP contribution in [0.3, 0.4) is 0 Å². The second-order valence-electron chi connectivity index (χ2n) is 4.97. The zero-order chi connectivity index (χ0) is 16.1. The third-order valence-electron chi connectivity index (χ3n) is 3.32. The second kappa shape index (κ2) is 9.05. The first-order valence-corrected chi connectivity index (χ1v) is 9.08. The lowest BCUT2D eigenvalue weighted by molar-refractivity contribution is -0.119. The van der Waals surface area contributed by atoms with Gasteiger partial charge in [-0.05, 0) is 29.1 Å². The molecule has 1 aromatic heterocycles. The Morgan fingerprint density at radius 3 is 2.79 bits per heavy atom. The monoisotopic (exact) mass is 385 g/mol. The maximum Gasteiger partial charge on any atom is 0.231 e. The summed E-state index contributed by atoms with van der Waals surface area (Å²) in [4.78, 5) is 17.5. The minimum atomic E-state index is -0.286. The summed E-state index contributed by atoms with van der Waals surface area (Å²) in [7, 11) is 0. The molecule has 2 N–H and O–H groups in total. The normalized spacial score (nSPS) is 14.3. The number of carbonyl (C=O) groups excluding carboxylic acids is 1.